The maximum absolute atomic E-state index is 11.4. The van der Waals surface area contributed by atoms with Crippen LogP contribution in [-0.2, 0) is 16.0 Å². The number of carbonyl (C=O) groups is 1. The van der Waals surface area contributed by atoms with Crippen LogP contribution >= 0.6 is 0 Å². The number of hydrogen-bond acceptors (Lipinski definition) is 4. The van der Waals surface area contributed by atoms with Gasteiger partial charge >= 0.3 is 5.97 Å². The first-order valence-electron chi connectivity index (χ1n) is 7.75. The summed E-state index contributed by atoms with van der Waals surface area (Å²) < 4.78 is 4.75. The van der Waals surface area contributed by atoms with Crippen molar-refractivity contribution in [2.45, 2.75) is 38.1 Å². The maximum Gasteiger partial charge on any atom is 0.306 e. The molecule has 0 aromatic heterocycles. The number of rotatable bonds is 7. The Kier molecular flexibility index (Phi) is 6.21. The molecule has 4 nitrogen and oxygen atoms in total. The van der Waals surface area contributed by atoms with Crippen LogP contribution in [0.5, 0.6) is 0 Å². The summed E-state index contributed by atoms with van der Waals surface area (Å²) in [6.07, 6.45) is 4.57. The van der Waals surface area contributed by atoms with Crippen LogP contribution in [0, 0.1) is 0 Å². The van der Waals surface area contributed by atoms with E-state index in [4.69, 9.17) is 9.84 Å². The monoisotopic (exact) mass is 291 g/mol. The Hall–Kier alpha value is -1.39. The van der Waals surface area contributed by atoms with E-state index < -0.39 is 0 Å². The molecule has 0 amide bonds. The molecule has 1 aromatic carbocycles. The van der Waals surface area contributed by atoms with Gasteiger partial charge in [-0.2, -0.15) is 0 Å². The van der Waals surface area contributed by atoms with Crippen molar-refractivity contribution in [1.82, 2.24) is 4.90 Å². The summed E-state index contributed by atoms with van der Waals surface area (Å²) in [4.78, 5) is 13.7. The van der Waals surface area contributed by atoms with Crippen molar-refractivity contribution in [2.24, 2.45) is 0 Å². The summed E-state index contributed by atoms with van der Waals surface area (Å²) in [5.41, 5.74) is 2.80. The van der Waals surface area contributed by atoms with Gasteiger partial charge < -0.3 is 9.84 Å². The summed E-state index contributed by atoms with van der Waals surface area (Å²) in [6, 6.07) is 8.93. The van der Waals surface area contributed by atoms with Crippen LogP contribution in [0.15, 0.2) is 24.3 Å². The molecule has 0 fully saturated rings. The minimum absolute atomic E-state index is 0.173. The predicted molar refractivity (Wildman–Crippen MR) is 82.0 cm³/mol. The molecule has 0 radical (unpaired) electrons. The van der Waals surface area contributed by atoms with Crippen molar-refractivity contribution in [3.8, 4) is 0 Å². The minimum Gasteiger partial charge on any atom is -0.469 e. The Morgan fingerprint density at radius 1 is 1.38 bits per heavy atom. The van der Waals surface area contributed by atoms with E-state index in [2.05, 4.69) is 29.2 Å². The smallest absolute Gasteiger partial charge is 0.306 e. The van der Waals surface area contributed by atoms with Gasteiger partial charge in [0.2, 0.25) is 0 Å². The van der Waals surface area contributed by atoms with Crippen LogP contribution in [0.1, 0.15) is 42.9 Å². The second kappa shape index (κ2) is 8.15. The van der Waals surface area contributed by atoms with E-state index in [1.54, 1.807) is 0 Å². The number of fused-ring (bicyclic) bond motifs is 1. The van der Waals surface area contributed by atoms with Crippen LogP contribution in [-0.4, -0.2) is 42.8 Å². The van der Waals surface area contributed by atoms with Gasteiger partial charge in [-0.15, -0.1) is 0 Å². The normalized spacial score (nSPS) is 17.6. The van der Waals surface area contributed by atoms with Crippen molar-refractivity contribution < 1.29 is 14.6 Å². The number of benzene rings is 1. The number of carbonyl (C=O) groups excluding carboxylic acids is 1. The number of aliphatic hydroxyl groups is 1. The SMILES string of the molecule is COC(=O)CCN(CCCO)C1CCCc2ccccc21. The second-order valence-corrected chi connectivity index (χ2v) is 5.55. The topological polar surface area (TPSA) is 49.8 Å². The van der Waals surface area contributed by atoms with Crippen LogP contribution in [0.3, 0.4) is 0 Å². The first-order valence-corrected chi connectivity index (χ1v) is 7.75. The lowest BCUT2D eigenvalue weighted by atomic mass is 9.86. The van der Waals surface area contributed by atoms with E-state index in [9.17, 15) is 4.79 Å². The van der Waals surface area contributed by atoms with E-state index >= 15 is 0 Å². The quantitative estimate of drug-likeness (QED) is 0.783. The van der Waals surface area contributed by atoms with Gasteiger partial charge in [-0.05, 0) is 36.8 Å². The molecule has 1 aliphatic rings. The number of ether oxygens (including phenoxy) is 1. The first kappa shape index (κ1) is 16.0. The van der Waals surface area contributed by atoms with Crippen LogP contribution in [0.25, 0.3) is 0 Å². The van der Waals surface area contributed by atoms with Gasteiger partial charge in [0.1, 0.15) is 0 Å². The zero-order valence-corrected chi connectivity index (χ0v) is 12.8. The van der Waals surface area contributed by atoms with E-state index in [1.807, 2.05) is 0 Å². The van der Waals surface area contributed by atoms with E-state index in [1.165, 1.54) is 24.7 Å². The molecule has 0 bridgehead atoms. The maximum atomic E-state index is 11.4. The third kappa shape index (κ3) is 4.29. The summed E-state index contributed by atoms with van der Waals surface area (Å²) in [5.74, 6) is -0.173. The summed E-state index contributed by atoms with van der Waals surface area (Å²) in [7, 11) is 1.43. The molecule has 21 heavy (non-hydrogen) atoms. The molecule has 1 atom stereocenters. The van der Waals surface area contributed by atoms with E-state index in [-0.39, 0.29) is 12.6 Å². The van der Waals surface area contributed by atoms with Crippen LogP contribution in [0.2, 0.25) is 0 Å². The zero-order valence-electron chi connectivity index (χ0n) is 12.8. The number of hydrogen-bond donors (Lipinski definition) is 1. The zero-order chi connectivity index (χ0) is 15.1. The first-order chi connectivity index (χ1) is 10.3. The Morgan fingerprint density at radius 3 is 2.95 bits per heavy atom. The molecule has 2 rings (SSSR count). The average Bonchev–Trinajstić information content (AvgIpc) is 2.54. The molecule has 1 N–H and O–H groups in total. The van der Waals surface area contributed by atoms with Gasteiger partial charge in [0.25, 0.3) is 0 Å². The van der Waals surface area contributed by atoms with Crippen molar-refractivity contribution in [3.63, 3.8) is 0 Å². The molecule has 0 saturated heterocycles. The lowest BCUT2D eigenvalue weighted by Gasteiger charge is -2.35. The molecule has 0 saturated carbocycles. The van der Waals surface area contributed by atoms with Gasteiger partial charge in [0.15, 0.2) is 0 Å². The number of esters is 1. The lowest BCUT2D eigenvalue weighted by Crippen LogP contribution is -2.34. The highest BCUT2D eigenvalue weighted by molar-refractivity contribution is 5.69. The van der Waals surface area contributed by atoms with Gasteiger partial charge in [0.05, 0.1) is 13.5 Å². The summed E-state index contributed by atoms with van der Waals surface area (Å²) in [5, 5.41) is 9.11. The predicted octanol–water partition coefficient (Wildman–Crippen LogP) is 2.31. The molecule has 0 aliphatic heterocycles. The molecule has 116 valence electrons. The van der Waals surface area contributed by atoms with E-state index in [0.717, 1.165) is 25.8 Å². The van der Waals surface area contributed by atoms with Gasteiger partial charge in [-0.1, -0.05) is 24.3 Å². The molecule has 1 aromatic rings. The Balaban J connectivity index is 2.10. The fourth-order valence-electron chi connectivity index (χ4n) is 3.14. The van der Waals surface area contributed by atoms with Crippen molar-refractivity contribution in [1.29, 1.82) is 0 Å². The molecule has 0 spiro atoms. The third-order valence-corrected chi connectivity index (χ3v) is 4.21. The molecule has 1 aliphatic carbocycles. The van der Waals surface area contributed by atoms with Crippen molar-refractivity contribution in [2.75, 3.05) is 26.8 Å². The van der Waals surface area contributed by atoms with Crippen LogP contribution in [0.4, 0.5) is 0 Å². The Labute approximate surface area is 126 Å². The molecule has 0 heterocycles. The molecule has 4 heteroatoms. The molecular weight excluding hydrogens is 266 g/mol. The molecular formula is C17H25NO3. The number of aryl methyl sites for hydroxylation is 1. The minimum atomic E-state index is -0.173. The highest BCUT2D eigenvalue weighted by Gasteiger charge is 2.25. The Morgan fingerprint density at radius 2 is 2.19 bits per heavy atom. The van der Waals surface area contributed by atoms with E-state index in [0.29, 0.717) is 19.0 Å². The van der Waals surface area contributed by atoms with Gasteiger partial charge in [0, 0.05) is 25.7 Å². The summed E-state index contributed by atoms with van der Waals surface area (Å²) in [6.45, 7) is 1.68. The number of methoxy groups -OCH3 is 1. The lowest BCUT2D eigenvalue weighted by molar-refractivity contribution is -0.141. The number of nitrogens with zero attached hydrogens (tertiary/aromatic N) is 1. The Bertz CT molecular complexity index is 461. The molecule has 1 unspecified atom stereocenters. The fraction of sp³-hybridized carbons (Fsp3) is 0.588. The second-order valence-electron chi connectivity index (χ2n) is 5.55. The van der Waals surface area contributed by atoms with Gasteiger partial charge in [-0.3, -0.25) is 9.69 Å². The van der Waals surface area contributed by atoms with Crippen molar-refractivity contribution in [3.05, 3.63) is 35.4 Å². The summed E-state index contributed by atoms with van der Waals surface area (Å²) >= 11 is 0. The van der Waals surface area contributed by atoms with Crippen molar-refractivity contribution >= 4 is 5.97 Å². The highest BCUT2D eigenvalue weighted by atomic mass is 16.5. The average molecular weight is 291 g/mol. The third-order valence-electron chi connectivity index (χ3n) is 4.21. The highest BCUT2D eigenvalue weighted by Crippen LogP contribution is 2.34. The van der Waals surface area contributed by atoms with Gasteiger partial charge in [-0.25, -0.2) is 0 Å². The van der Waals surface area contributed by atoms with Crippen LogP contribution < -0.4 is 0 Å². The standard InChI is InChI=1S/C17H25NO3/c1-21-17(20)10-12-18(11-5-13-19)16-9-4-7-14-6-2-3-8-15(14)16/h2-3,6,8,16,19H,4-5,7,9-13H2,1H3. The largest absolute Gasteiger partial charge is 0.469 e. The number of aliphatic hydroxyl groups excluding tert-OH is 1. The fourth-order valence-corrected chi connectivity index (χ4v) is 3.14.